The molecule has 0 aliphatic rings. The number of benzene rings is 2. The van der Waals surface area contributed by atoms with Crippen LogP contribution < -0.4 is 0 Å². The van der Waals surface area contributed by atoms with Gasteiger partial charge < -0.3 is 0 Å². The number of rotatable bonds is 10. The van der Waals surface area contributed by atoms with Gasteiger partial charge in [-0.05, 0) is 54.4 Å². The van der Waals surface area contributed by atoms with E-state index in [1.54, 1.807) is 0 Å². The normalized spacial score (nSPS) is 10.2. The minimum Gasteiger partial charge on any atom is -0.0683 e. The van der Waals surface area contributed by atoms with E-state index in [9.17, 15) is 0 Å². The fraction of sp³-hybridized carbons (Fsp3) is 0.520. The van der Waals surface area contributed by atoms with Crippen LogP contribution in [-0.4, -0.2) is 0 Å². The Morgan fingerprint density at radius 2 is 0.840 bits per heavy atom. The van der Waals surface area contributed by atoms with Crippen LogP contribution in [0.2, 0.25) is 0 Å². The summed E-state index contributed by atoms with van der Waals surface area (Å²) in [6.45, 7) is 8.51. The summed E-state index contributed by atoms with van der Waals surface area (Å²) in [6.07, 6.45) is 11.3. The molecule has 0 amide bonds. The van der Waals surface area contributed by atoms with Gasteiger partial charge in [0.2, 0.25) is 0 Å². The van der Waals surface area contributed by atoms with Crippen LogP contribution in [0.5, 0.6) is 0 Å². The van der Waals surface area contributed by atoms with Gasteiger partial charge in [-0.15, -0.1) is 0 Å². The average molecular weight is 339 g/mol. The summed E-state index contributed by atoms with van der Waals surface area (Å²) in [5, 5.41) is 0. The van der Waals surface area contributed by atoms with Crippen molar-refractivity contribution in [1.82, 2.24) is 0 Å². The molecule has 2 aromatic rings. The molecule has 2 aromatic carbocycles. The van der Waals surface area contributed by atoms with Crippen LogP contribution in [0.1, 0.15) is 82.1 Å². The minimum atomic E-state index is 1.14. The zero-order valence-corrected chi connectivity index (χ0v) is 17.0. The molecule has 0 fully saturated rings. The smallest absolute Gasteiger partial charge is 0.0238 e. The molecular formula is C25H38. The van der Waals surface area contributed by atoms with Gasteiger partial charge in [-0.2, -0.15) is 0 Å². The maximum Gasteiger partial charge on any atom is -0.0238 e. The number of unbranched alkanes of at least 4 members (excludes halogenated alkanes) is 3. The molecule has 0 atom stereocenters. The first-order valence-electron chi connectivity index (χ1n) is 10.5. The Hall–Kier alpha value is -1.56. The molecule has 0 spiro atoms. The number of hydrogen-bond donors (Lipinski definition) is 0. The lowest BCUT2D eigenvalue weighted by molar-refractivity contribution is 0.667. The molecule has 0 nitrogen and oxygen atoms in total. The second kappa shape index (κ2) is 13.7. The van der Waals surface area contributed by atoms with Gasteiger partial charge in [0.25, 0.3) is 0 Å². The molecular weight excluding hydrogens is 300 g/mol. The quantitative estimate of drug-likeness (QED) is 0.392. The highest BCUT2D eigenvalue weighted by Gasteiger charge is 1.99. The van der Waals surface area contributed by atoms with Gasteiger partial charge in [0, 0.05) is 0 Å². The maximum absolute atomic E-state index is 2.33. The standard InChI is InChI=1S/C23H32.C2H6/c1-3-5-6-7-9-21-12-16-23(17-13-21)19-18-22-14-10-20(8-4-2)11-15-22;1-2/h10-17H,3-9,18-19H2,1-2H3;1-2H3. The number of hydrogen-bond acceptors (Lipinski definition) is 0. The molecule has 25 heavy (non-hydrogen) atoms. The van der Waals surface area contributed by atoms with Crippen LogP contribution in [0.3, 0.4) is 0 Å². The fourth-order valence-corrected chi connectivity index (χ4v) is 3.08. The van der Waals surface area contributed by atoms with Gasteiger partial charge >= 0.3 is 0 Å². The van der Waals surface area contributed by atoms with Gasteiger partial charge in [-0.25, -0.2) is 0 Å². The Bertz CT molecular complexity index is 533. The van der Waals surface area contributed by atoms with Crippen LogP contribution in [0.15, 0.2) is 48.5 Å². The third-order valence-electron chi connectivity index (χ3n) is 4.61. The fourth-order valence-electron chi connectivity index (χ4n) is 3.08. The van der Waals surface area contributed by atoms with Gasteiger partial charge in [0.05, 0.1) is 0 Å². The summed E-state index contributed by atoms with van der Waals surface area (Å²) >= 11 is 0. The highest BCUT2D eigenvalue weighted by Crippen LogP contribution is 2.13. The highest BCUT2D eigenvalue weighted by atomic mass is 14.0. The highest BCUT2D eigenvalue weighted by molar-refractivity contribution is 5.26. The van der Waals surface area contributed by atoms with Crippen molar-refractivity contribution >= 4 is 0 Å². The topological polar surface area (TPSA) is 0 Å². The van der Waals surface area contributed by atoms with Gasteiger partial charge in [-0.3, -0.25) is 0 Å². The summed E-state index contributed by atoms with van der Waals surface area (Å²) in [6, 6.07) is 18.5. The second-order valence-electron chi connectivity index (χ2n) is 6.69. The third kappa shape index (κ3) is 8.91. The molecule has 0 radical (unpaired) electrons. The van der Waals surface area contributed by atoms with Gasteiger partial charge in [0.15, 0.2) is 0 Å². The van der Waals surface area contributed by atoms with E-state index in [0.29, 0.717) is 0 Å². The molecule has 0 aromatic heterocycles. The lowest BCUT2D eigenvalue weighted by Gasteiger charge is -2.06. The van der Waals surface area contributed by atoms with Gasteiger partial charge in [0.1, 0.15) is 0 Å². The first kappa shape index (κ1) is 21.5. The lowest BCUT2D eigenvalue weighted by atomic mass is 10.00. The Morgan fingerprint density at radius 1 is 0.440 bits per heavy atom. The van der Waals surface area contributed by atoms with Crippen molar-refractivity contribution in [3.05, 3.63) is 70.8 Å². The van der Waals surface area contributed by atoms with Crippen molar-refractivity contribution in [2.45, 2.75) is 85.5 Å². The predicted octanol–water partition coefficient (Wildman–Crippen LogP) is 7.57. The second-order valence-corrected chi connectivity index (χ2v) is 6.69. The molecule has 0 heterocycles. The molecule has 0 saturated heterocycles. The van der Waals surface area contributed by atoms with Crippen LogP contribution in [0.4, 0.5) is 0 Å². The summed E-state index contributed by atoms with van der Waals surface area (Å²) < 4.78 is 0. The van der Waals surface area contributed by atoms with E-state index in [0.717, 1.165) is 12.8 Å². The average Bonchev–Trinajstić information content (AvgIpc) is 2.67. The van der Waals surface area contributed by atoms with E-state index >= 15 is 0 Å². The van der Waals surface area contributed by atoms with E-state index in [4.69, 9.17) is 0 Å². The number of aryl methyl sites for hydroxylation is 4. The molecule has 0 unspecified atom stereocenters. The van der Waals surface area contributed by atoms with Gasteiger partial charge in [-0.1, -0.05) is 102 Å². The van der Waals surface area contributed by atoms with Crippen LogP contribution >= 0.6 is 0 Å². The molecule has 0 aliphatic heterocycles. The van der Waals surface area contributed by atoms with E-state index in [1.807, 2.05) is 13.8 Å². The molecule has 0 saturated carbocycles. The summed E-state index contributed by atoms with van der Waals surface area (Å²) in [5.74, 6) is 0. The SMILES string of the molecule is CC.CCCCCCc1ccc(CCc2ccc(CCC)cc2)cc1. The molecule has 2 rings (SSSR count). The van der Waals surface area contributed by atoms with Crippen molar-refractivity contribution in [2.24, 2.45) is 0 Å². The largest absolute Gasteiger partial charge is 0.0683 e. The van der Waals surface area contributed by atoms with Crippen molar-refractivity contribution < 1.29 is 0 Å². The first-order valence-corrected chi connectivity index (χ1v) is 10.5. The molecule has 0 aliphatic carbocycles. The Balaban J connectivity index is 0.00000151. The molecule has 0 bridgehead atoms. The summed E-state index contributed by atoms with van der Waals surface area (Å²) in [4.78, 5) is 0. The maximum atomic E-state index is 2.33. The van der Waals surface area contributed by atoms with Crippen molar-refractivity contribution in [3.8, 4) is 0 Å². The van der Waals surface area contributed by atoms with Crippen molar-refractivity contribution in [3.63, 3.8) is 0 Å². The van der Waals surface area contributed by atoms with E-state index in [2.05, 4.69) is 62.4 Å². The summed E-state index contributed by atoms with van der Waals surface area (Å²) in [5.41, 5.74) is 5.87. The first-order chi connectivity index (χ1) is 12.3. The summed E-state index contributed by atoms with van der Waals surface area (Å²) in [7, 11) is 0. The zero-order valence-electron chi connectivity index (χ0n) is 17.0. The Kier molecular flexibility index (Phi) is 11.8. The van der Waals surface area contributed by atoms with Crippen molar-refractivity contribution in [1.29, 1.82) is 0 Å². The van der Waals surface area contributed by atoms with Crippen LogP contribution in [0.25, 0.3) is 0 Å². The Morgan fingerprint density at radius 3 is 1.24 bits per heavy atom. The third-order valence-corrected chi connectivity index (χ3v) is 4.61. The van der Waals surface area contributed by atoms with E-state index in [-0.39, 0.29) is 0 Å². The predicted molar refractivity (Wildman–Crippen MR) is 113 cm³/mol. The molecule has 138 valence electrons. The monoisotopic (exact) mass is 338 g/mol. The van der Waals surface area contributed by atoms with Crippen molar-refractivity contribution in [2.75, 3.05) is 0 Å². The van der Waals surface area contributed by atoms with Crippen LogP contribution in [-0.2, 0) is 25.7 Å². The minimum absolute atomic E-state index is 1.14. The Labute approximate surface area is 156 Å². The van der Waals surface area contributed by atoms with E-state index in [1.165, 1.54) is 67.2 Å². The van der Waals surface area contributed by atoms with Crippen LogP contribution in [0, 0.1) is 0 Å². The zero-order chi connectivity index (χ0) is 18.3. The molecule has 0 N–H and O–H groups in total. The lowest BCUT2D eigenvalue weighted by Crippen LogP contribution is -1.93. The molecule has 0 heteroatoms. The van der Waals surface area contributed by atoms with E-state index < -0.39 is 0 Å².